The molecule has 0 fully saturated rings. The molecule has 214 valence electrons. The number of carbonyl (C=O) groups excluding carboxylic acids is 1. The van der Waals surface area contributed by atoms with Crippen LogP contribution in [0.25, 0.3) is 0 Å². The Morgan fingerprint density at radius 3 is 1.27 bits per heavy atom. The van der Waals surface area contributed by atoms with Gasteiger partial charge in [0.1, 0.15) is 18.0 Å². The first kappa shape index (κ1) is 33.2. The second kappa shape index (κ2) is 23.3. The molecule has 10 nitrogen and oxygen atoms in total. The molecule has 0 saturated heterocycles. The van der Waals surface area contributed by atoms with Crippen molar-refractivity contribution in [1.29, 1.82) is 0 Å². The topological polar surface area (TPSA) is 100 Å². The van der Waals surface area contributed by atoms with Gasteiger partial charge in [0.15, 0.2) is 0 Å². The zero-order valence-electron chi connectivity index (χ0n) is 22.8. The Hall–Kier alpha value is -1.79. The number of benzene rings is 1. The van der Waals surface area contributed by atoms with E-state index in [2.05, 4.69) is 0 Å². The number of hydrogen-bond acceptors (Lipinski definition) is 10. The van der Waals surface area contributed by atoms with Crippen LogP contribution in [0.15, 0.2) is 30.3 Å². The molecule has 1 aromatic carbocycles. The summed E-state index contributed by atoms with van der Waals surface area (Å²) in [5, 5.41) is 0. The smallest absolute Gasteiger partial charge is 0.308 e. The highest BCUT2D eigenvalue weighted by Gasteiger charge is 2.15. The van der Waals surface area contributed by atoms with Crippen LogP contribution in [0.5, 0.6) is 5.75 Å². The fraction of sp³-hybridized carbons (Fsp3) is 0.741. The number of esters is 1. The standard InChI is InChI=1S/C27H46O10/c1-27(2,3)37-26(28)9-10-29-11-12-30-13-14-31-15-16-32-17-18-33-19-20-34-21-22-35-23-24-36-25-7-5-4-6-8-25/h4-8H,9-24H2,1-3H3. The lowest BCUT2D eigenvalue weighted by Gasteiger charge is -2.19. The molecule has 0 aromatic heterocycles. The molecule has 0 aliphatic heterocycles. The lowest BCUT2D eigenvalue weighted by Crippen LogP contribution is -2.24. The first-order valence-corrected chi connectivity index (χ1v) is 12.9. The second-order valence-corrected chi connectivity index (χ2v) is 8.78. The quantitative estimate of drug-likeness (QED) is 0.139. The zero-order valence-corrected chi connectivity index (χ0v) is 22.8. The first-order valence-electron chi connectivity index (χ1n) is 12.9. The van der Waals surface area contributed by atoms with Crippen LogP contribution in [0.1, 0.15) is 27.2 Å². The Morgan fingerprint density at radius 1 is 0.541 bits per heavy atom. The third-order valence-corrected chi connectivity index (χ3v) is 4.34. The molecular weight excluding hydrogens is 484 g/mol. The van der Waals surface area contributed by atoms with Crippen LogP contribution in [0.2, 0.25) is 0 Å². The predicted molar refractivity (Wildman–Crippen MR) is 138 cm³/mol. The fourth-order valence-corrected chi connectivity index (χ4v) is 2.70. The van der Waals surface area contributed by atoms with Crippen molar-refractivity contribution in [3.63, 3.8) is 0 Å². The number of ether oxygens (including phenoxy) is 9. The van der Waals surface area contributed by atoms with Gasteiger partial charge in [-0.3, -0.25) is 4.79 Å². The van der Waals surface area contributed by atoms with E-state index in [-0.39, 0.29) is 12.4 Å². The van der Waals surface area contributed by atoms with Gasteiger partial charge in [-0.2, -0.15) is 0 Å². The zero-order chi connectivity index (χ0) is 26.9. The number of para-hydroxylation sites is 1. The van der Waals surface area contributed by atoms with Gasteiger partial charge in [0.25, 0.3) is 0 Å². The average Bonchev–Trinajstić information content (AvgIpc) is 2.86. The summed E-state index contributed by atoms with van der Waals surface area (Å²) in [6.07, 6.45) is 0.237. The van der Waals surface area contributed by atoms with Crippen LogP contribution < -0.4 is 4.74 Å². The van der Waals surface area contributed by atoms with Crippen molar-refractivity contribution in [3.05, 3.63) is 30.3 Å². The summed E-state index contributed by atoms with van der Waals surface area (Å²) in [5.74, 6) is 0.581. The molecule has 0 aliphatic carbocycles. The number of carbonyl (C=O) groups is 1. The van der Waals surface area contributed by atoms with Gasteiger partial charge in [-0.15, -0.1) is 0 Å². The first-order chi connectivity index (χ1) is 18.0. The Balaban J connectivity index is 1.67. The second-order valence-electron chi connectivity index (χ2n) is 8.78. The summed E-state index contributed by atoms with van der Waals surface area (Å²) in [4.78, 5) is 11.5. The van der Waals surface area contributed by atoms with E-state index < -0.39 is 5.60 Å². The summed E-state index contributed by atoms with van der Waals surface area (Å²) in [6.45, 7) is 12.8. The third kappa shape index (κ3) is 24.3. The van der Waals surface area contributed by atoms with Crippen LogP contribution in [-0.4, -0.2) is 111 Å². The molecule has 0 atom stereocenters. The van der Waals surface area contributed by atoms with Crippen LogP contribution in [0, 0.1) is 0 Å². The van der Waals surface area contributed by atoms with Crippen molar-refractivity contribution in [2.75, 3.05) is 99.1 Å². The maximum atomic E-state index is 11.5. The molecule has 0 heterocycles. The molecule has 10 heteroatoms. The maximum Gasteiger partial charge on any atom is 0.308 e. The lowest BCUT2D eigenvalue weighted by molar-refractivity contribution is -0.156. The Bertz CT molecular complexity index is 636. The molecule has 1 aromatic rings. The SMILES string of the molecule is CC(C)(C)OC(=O)CCOCCOCCOCCOCCOCCOCCOCCOc1ccccc1. The van der Waals surface area contributed by atoms with Crippen molar-refractivity contribution < 1.29 is 47.4 Å². The summed E-state index contributed by atoms with van der Waals surface area (Å²) in [5.41, 5.74) is -0.467. The van der Waals surface area contributed by atoms with Crippen LogP contribution in [0.4, 0.5) is 0 Å². The molecule has 0 radical (unpaired) electrons. The Morgan fingerprint density at radius 2 is 0.892 bits per heavy atom. The van der Waals surface area contributed by atoms with Gasteiger partial charge in [-0.25, -0.2) is 0 Å². The van der Waals surface area contributed by atoms with Crippen LogP contribution in [-0.2, 0) is 42.7 Å². The van der Waals surface area contributed by atoms with Gasteiger partial charge >= 0.3 is 5.97 Å². The minimum absolute atomic E-state index is 0.237. The molecule has 0 saturated carbocycles. The predicted octanol–water partition coefficient (Wildman–Crippen LogP) is 2.91. The highest BCUT2D eigenvalue weighted by Crippen LogP contribution is 2.08. The van der Waals surface area contributed by atoms with Crippen molar-refractivity contribution >= 4 is 5.97 Å². The molecule has 0 amide bonds. The fourth-order valence-electron chi connectivity index (χ4n) is 2.70. The molecular formula is C27H46O10. The largest absolute Gasteiger partial charge is 0.491 e. The van der Waals surface area contributed by atoms with E-state index in [9.17, 15) is 4.79 Å². The van der Waals surface area contributed by atoms with Crippen LogP contribution in [0.3, 0.4) is 0 Å². The van der Waals surface area contributed by atoms with E-state index in [4.69, 9.17) is 42.6 Å². The molecule has 0 bridgehead atoms. The van der Waals surface area contributed by atoms with Crippen molar-refractivity contribution in [2.24, 2.45) is 0 Å². The maximum absolute atomic E-state index is 11.5. The summed E-state index contributed by atoms with van der Waals surface area (Å²) in [7, 11) is 0. The summed E-state index contributed by atoms with van der Waals surface area (Å²) in [6, 6.07) is 9.65. The van der Waals surface area contributed by atoms with E-state index in [0.29, 0.717) is 99.1 Å². The molecule has 0 aliphatic rings. The molecule has 0 spiro atoms. The highest BCUT2D eigenvalue weighted by atomic mass is 16.6. The summed E-state index contributed by atoms with van der Waals surface area (Å²) < 4.78 is 48.8. The average molecular weight is 531 g/mol. The van der Waals surface area contributed by atoms with Crippen LogP contribution >= 0.6 is 0 Å². The van der Waals surface area contributed by atoms with Gasteiger partial charge in [-0.1, -0.05) is 18.2 Å². The Labute approximate surface area is 221 Å². The third-order valence-electron chi connectivity index (χ3n) is 4.34. The van der Waals surface area contributed by atoms with E-state index in [0.717, 1.165) is 5.75 Å². The van der Waals surface area contributed by atoms with E-state index >= 15 is 0 Å². The van der Waals surface area contributed by atoms with Gasteiger partial charge in [0.05, 0.1) is 98.9 Å². The van der Waals surface area contributed by atoms with E-state index in [1.807, 2.05) is 51.1 Å². The summed E-state index contributed by atoms with van der Waals surface area (Å²) >= 11 is 0. The lowest BCUT2D eigenvalue weighted by atomic mass is 10.2. The van der Waals surface area contributed by atoms with Gasteiger partial charge in [0.2, 0.25) is 0 Å². The molecule has 0 N–H and O–H groups in total. The number of hydrogen-bond donors (Lipinski definition) is 0. The molecule has 1 rings (SSSR count). The van der Waals surface area contributed by atoms with Crippen molar-refractivity contribution in [3.8, 4) is 5.75 Å². The number of rotatable bonds is 25. The van der Waals surface area contributed by atoms with Crippen molar-refractivity contribution in [1.82, 2.24) is 0 Å². The van der Waals surface area contributed by atoms with Gasteiger partial charge in [0, 0.05) is 0 Å². The molecule has 37 heavy (non-hydrogen) atoms. The minimum atomic E-state index is -0.467. The van der Waals surface area contributed by atoms with Crippen molar-refractivity contribution in [2.45, 2.75) is 32.8 Å². The molecule has 0 unspecified atom stereocenters. The highest BCUT2D eigenvalue weighted by molar-refractivity contribution is 5.69. The monoisotopic (exact) mass is 530 g/mol. The Kier molecular flexibility index (Phi) is 21.0. The van der Waals surface area contributed by atoms with E-state index in [1.165, 1.54) is 0 Å². The van der Waals surface area contributed by atoms with E-state index in [1.54, 1.807) is 0 Å². The van der Waals surface area contributed by atoms with Gasteiger partial charge in [-0.05, 0) is 32.9 Å². The van der Waals surface area contributed by atoms with Gasteiger partial charge < -0.3 is 42.6 Å². The normalized spacial score (nSPS) is 11.5. The minimum Gasteiger partial charge on any atom is -0.491 e.